The molecule has 0 spiro atoms. The maximum Gasteiger partial charge on any atom is 0.338 e. The standard InChI is InChI=1S/C20H19NO5S/c22-19(14-26-20(23)17-9-5-2-6-10-17)21(13-16-7-3-1-4-8-16)18-11-12-27(24,25)15-18/h1-12,18H,13-15H2/t18-/m1/s1. The van der Waals surface area contributed by atoms with Crippen molar-refractivity contribution in [2.24, 2.45) is 0 Å². The second-order valence-electron chi connectivity index (χ2n) is 6.17. The van der Waals surface area contributed by atoms with E-state index in [1.54, 1.807) is 30.3 Å². The zero-order chi connectivity index (χ0) is 19.3. The number of ether oxygens (including phenoxy) is 1. The molecule has 140 valence electrons. The van der Waals surface area contributed by atoms with Crippen LogP contribution in [-0.4, -0.2) is 43.6 Å². The van der Waals surface area contributed by atoms with Crippen LogP contribution < -0.4 is 0 Å². The van der Waals surface area contributed by atoms with Gasteiger partial charge >= 0.3 is 5.97 Å². The van der Waals surface area contributed by atoms with Crippen LogP contribution >= 0.6 is 0 Å². The molecular weight excluding hydrogens is 366 g/mol. The summed E-state index contributed by atoms with van der Waals surface area (Å²) in [4.78, 5) is 26.2. The summed E-state index contributed by atoms with van der Waals surface area (Å²) in [5.41, 5.74) is 1.21. The monoisotopic (exact) mass is 385 g/mol. The Labute approximate surface area is 158 Å². The van der Waals surface area contributed by atoms with Crippen LogP contribution in [0, 0.1) is 0 Å². The highest BCUT2D eigenvalue weighted by atomic mass is 32.2. The molecule has 6 nitrogen and oxygen atoms in total. The first kappa shape index (κ1) is 18.8. The molecular formula is C20H19NO5S. The van der Waals surface area contributed by atoms with Crippen molar-refractivity contribution in [3.05, 3.63) is 83.3 Å². The van der Waals surface area contributed by atoms with Crippen LogP contribution in [-0.2, 0) is 25.9 Å². The van der Waals surface area contributed by atoms with Gasteiger partial charge < -0.3 is 9.64 Å². The molecule has 1 heterocycles. The first-order valence-electron chi connectivity index (χ1n) is 8.41. The first-order valence-corrected chi connectivity index (χ1v) is 10.1. The van der Waals surface area contributed by atoms with Gasteiger partial charge in [-0.15, -0.1) is 0 Å². The molecule has 1 amide bonds. The van der Waals surface area contributed by atoms with Gasteiger partial charge in [0.05, 0.1) is 17.4 Å². The van der Waals surface area contributed by atoms with Gasteiger partial charge in [0.25, 0.3) is 5.91 Å². The van der Waals surface area contributed by atoms with Gasteiger partial charge in [0, 0.05) is 12.0 Å². The first-order chi connectivity index (χ1) is 12.9. The van der Waals surface area contributed by atoms with Crippen molar-refractivity contribution in [1.29, 1.82) is 0 Å². The Morgan fingerprint density at radius 1 is 1.00 bits per heavy atom. The normalized spacial score (nSPS) is 17.4. The number of sulfone groups is 1. The summed E-state index contributed by atoms with van der Waals surface area (Å²) in [6.07, 6.45) is 1.50. The average molecular weight is 385 g/mol. The maximum absolute atomic E-state index is 12.7. The average Bonchev–Trinajstić information content (AvgIpc) is 3.05. The quantitative estimate of drug-likeness (QED) is 0.712. The Morgan fingerprint density at radius 2 is 1.63 bits per heavy atom. The third kappa shape index (κ3) is 5.04. The van der Waals surface area contributed by atoms with Gasteiger partial charge in [-0.3, -0.25) is 4.79 Å². The lowest BCUT2D eigenvalue weighted by Crippen LogP contribution is -2.42. The van der Waals surface area contributed by atoms with Crippen LogP contribution in [0.2, 0.25) is 0 Å². The molecule has 2 aromatic carbocycles. The lowest BCUT2D eigenvalue weighted by Gasteiger charge is -2.27. The Balaban J connectivity index is 1.71. The van der Waals surface area contributed by atoms with E-state index in [0.717, 1.165) is 11.0 Å². The van der Waals surface area contributed by atoms with Crippen LogP contribution in [0.25, 0.3) is 0 Å². The summed E-state index contributed by atoms with van der Waals surface area (Å²) in [6, 6.07) is 17.0. The third-order valence-electron chi connectivity index (χ3n) is 4.16. The van der Waals surface area contributed by atoms with E-state index in [9.17, 15) is 18.0 Å². The summed E-state index contributed by atoms with van der Waals surface area (Å²) in [6.45, 7) is -0.224. The molecule has 7 heteroatoms. The zero-order valence-corrected chi connectivity index (χ0v) is 15.3. The van der Waals surface area contributed by atoms with Crippen molar-refractivity contribution >= 4 is 21.7 Å². The van der Waals surface area contributed by atoms with E-state index in [1.807, 2.05) is 30.3 Å². The van der Waals surface area contributed by atoms with Gasteiger partial charge in [-0.1, -0.05) is 48.5 Å². The Kier molecular flexibility index (Phi) is 5.71. The molecule has 1 atom stereocenters. The summed E-state index contributed by atoms with van der Waals surface area (Å²) >= 11 is 0. The van der Waals surface area contributed by atoms with Crippen molar-refractivity contribution in [2.45, 2.75) is 12.6 Å². The largest absolute Gasteiger partial charge is 0.452 e. The van der Waals surface area contributed by atoms with E-state index < -0.39 is 34.4 Å². The third-order valence-corrected chi connectivity index (χ3v) is 5.54. The van der Waals surface area contributed by atoms with Crippen LogP contribution in [0.3, 0.4) is 0 Å². The van der Waals surface area contributed by atoms with Gasteiger partial charge in [0.2, 0.25) is 0 Å². The highest BCUT2D eigenvalue weighted by molar-refractivity contribution is 7.94. The molecule has 2 aromatic rings. The predicted octanol–water partition coefficient (Wildman–Crippen LogP) is 2.18. The van der Waals surface area contributed by atoms with E-state index in [2.05, 4.69) is 0 Å². The number of rotatable bonds is 6. The van der Waals surface area contributed by atoms with Gasteiger partial charge in [-0.25, -0.2) is 13.2 Å². The van der Waals surface area contributed by atoms with E-state index >= 15 is 0 Å². The van der Waals surface area contributed by atoms with Gasteiger partial charge in [-0.2, -0.15) is 0 Å². The Hall–Kier alpha value is -2.93. The highest BCUT2D eigenvalue weighted by Gasteiger charge is 2.30. The minimum atomic E-state index is -3.32. The molecule has 0 aliphatic carbocycles. The minimum Gasteiger partial charge on any atom is -0.452 e. The fourth-order valence-corrected chi connectivity index (χ4v) is 4.09. The second kappa shape index (κ2) is 8.18. The van der Waals surface area contributed by atoms with Gasteiger partial charge in [0.15, 0.2) is 16.4 Å². The molecule has 0 saturated heterocycles. The van der Waals surface area contributed by atoms with Crippen molar-refractivity contribution in [2.75, 3.05) is 12.4 Å². The van der Waals surface area contributed by atoms with Crippen LogP contribution in [0.1, 0.15) is 15.9 Å². The SMILES string of the molecule is O=C(OCC(=O)N(Cc1ccccc1)[C@@H]1C=CS(=O)(=O)C1)c1ccccc1. The number of hydrogen-bond donors (Lipinski definition) is 0. The highest BCUT2D eigenvalue weighted by Crippen LogP contribution is 2.18. The number of carbonyl (C=O) groups excluding carboxylic acids is 2. The number of amides is 1. The number of carbonyl (C=O) groups is 2. The molecule has 0 fully saturated rings. The van der Waals surface area contributed by atoms with E-state index in [0.29, 0.717) is 5.56 Å². The zero-order valence-electron chi connectivity index (χ0n) is 14.5. The summed E-state index contributed by atoms with van der Waals surface area (Å²) in [7, 11) is -3.32. The lowest BCUT2D eigenvalue weighted by molar-refractivity contribution is -0.136. The number of hydrogen-bond acceptors (Lipinski definition) is 5. The molecule has 0 unspecified atom stereocenters. The summed E-state index contributed by atoms with van der Waals surface area (Å²) in [5.74, 6) is -1.22. The fraction of sp³-hybridized carbons (Fsp3) is 0.200. The van der Waals surface area contributed by atoms with Crippen LogP contribution in [0.5, 0.6) is 0 Å². The van der Waals surface area contributed by atoms with E-state index in [-0.39, 0.29) is 12.3 Å². The molecule has 0 bridgehead atoms. The topological polar surface area (TPSA) is 80.8 Å². The number of esters is 1. The second-order valence-corrected chi connectivity index (χ2v) is 8.11. The van der Waals surface area contributed by atoms with Crippen molar-refractivity contribution in [3.63, 3.8) is 0 Å². The molecule has 3 rings (SSSR count). The molecule has 27 heavy (non-hydrogen) atoms. The van der Waals surface area contributed by atoms with Crippen molar-refractivity contribution in [1.82, 2.24) is 4.90 Å². The molecule has 0 aromatic heterocycles. The number of benzene rings is 2. The van der Waals surface area contributed by atoms with Gasteiger partial charge in [-0.05, 0) is 23.8 Å². The molecule has 1 aliphatic rings. The van der Waals surface area contributed by atoms with Gasteiger partial charge in [0.1, 0.15) is 0 Å². The van der Waals surface area contributed by atoms with E-state index in [4.69, 9.17) is 4.74 Å². The van der Waals surface area contributed by atoms with E-state index in [1.165, 1.54) is 11.0 Å². The minimum absolute atomic E-state index is 0.168. The predicted molar refractivity (Wildman–Crippen MR) is 100 cm³/mol. The van der Waals surface area contributed by atoms with Crippen LogP contribution in [0.4, 0.5) is 0 Å². The molecule has 1 aliphatic heterocycles. The molecule has 0 saturated carbocycles. The smallest absolute Gasteiger partial charge is 0.338 e. The maximum atomic E-state index is 12.7. The number of nitrogens with zero attached hydrogens (tertiary/aromatic N) is 1. The lowest BCUT2D eigenvalue weighted by atomic mass is 10.1. The van der Waals surface area contributed by atoms with Crippen molar-refractivity contribution < 1.29 is 22.7 Å². The Bertz CT molecular complexity index is 939. The summed E-state index contributed by atoms with van der Waals surface area (Å²) < 4.78 is 28.6. The van der Waals surface area contributed by atoms with Crippen LogP contribution in [0.15, 0.2) is 72.1 Å². The summed E-state index contributed by atoms with van der Waals surface area (Å²) in [5, 5.41) is 1.12. The Morgan fingerprint density at radius 3 is 2.22 bits per heavy atom. The van der Waals surface area contributed by atoms with Crippen molar-refractivity contribution in [3.8, 4) is 0 Å². The molecule has 0 radical (unpaired) electrons. The fourth-order valence-electron chi connectivity index (χ4n) is 2.79. The molecule has 0 N–H and O–H groups in total.